The van der Waals surface area contributed by atoms with Crippen molar-refractivity contribution in [2.75, 3.05) is 0 Å². The van der Waals surface area contributed by atoms with Crippen LogP contribution in [0.15, 0.2) is 52.9 Å². The van der Waals surface area contributed by atoms with E-state index in [0.717, 1.165) is 40.9 Å². The molecular weight excluding hydrogens is 508 g/mol. The molecule has 2 aromatic carbocycles. The molecule has 0 fully saturated rings. The Morgan fingerprint density at radius 2 is 1.49 bits per heavy atom. The van der Waals surface area contributed by atoms with Crippen molar-refractivity contribution in [1.29, 1.82) is 0 Å². The first-order valence-electron chi connectivity index (χ1n) is 15.4. The first kappa shape index (κ1) is 32.8. The van der Waals surface area contributed by atoms with Crippen molar-refractivity contribution >= 4 is 16.9 Å². The van der Waals surface area contributed by atoms with Crippen molar-refractivity contribution in [1.82, 2.24) is 0 Å². The third-order valence-electron chi connectivity index (χ3n) is 7.57. The summed E-state index contributed by atoms with van der Waals surface area (Å²) in [6.07, 6.45) is 6.18. The first-order valence-corrected chi connectivity index (χ1v) is 15.4. The zero-order valence-electron chi connectivity index (χ0n) is 27.6. The predicted octanol–water partition coefficient (Wildman–Crippen LogP) is 10.8. The molecule has 3 aromatic rings. The standard InChI is InChI=1S/C37H54O4/c1-12-13-14-15-26-16-18-27(19-17-26)31-22-28-20-21-29(23-32(28)39-31)40-36(8,9)25-37(10,11)41-33(38)30(35(5,6)7)24-34(2,3)4/h16-23,30H,12-15,24-25H2,1-11H3. The third-order valence-corrected chi connectivity index (χ3v) is 7.57. The summed E-state index contributed by atoms with van der Waals surface area (Å²) < 4.78 is 18.9. The fourth-order valence-corrected chi connectivity index (χ4v) is 5.75. The maximum atomic E-state index is 13.4. The molecule has 0 spiro atoms. The Labute approximate surface area is 249 Å². The van der Waals surface area contributed by atoms with E-state index in [-0.39, 0.29) is 22.7 Å². The Balaban J connectivity index is 1.69. The van der Waals surface area contributed by atoms with Gasteiger partial charge in [-0.15, -0.1) is 0 Å². The molecule has 4 nitrogen and oxygen atoms in total. The first-order chi connectivity index (χ1) is 18.9. The minimum absolute atomic E-state index is 0.0333. The molecule has 1 atom stereocenters. The maximum absolute atomic E-state index is 13.4. The predicted molar refractivity (Wildman–Crippen MR) is 171 cm³/mol. The molecule has 0 aliphatic heterocycles. The third kappa shape index (κ3) is 9.94. The summed E-state index contributed by atoms with van der Waals surface area (Å²) in [5.74, 6) is 1.27. The van der Waals surface area contributed by atoms with E-state index in [1.807, 2.05) is 45.9 Å². The van der Waals surface area contributed by atoms with E-state index in [4.69, 9.17) is 13.9 Å². The molecule has 41 heavy (non-hydrogen) atoms. The Hall–Kier alpha value is -2.75. The average Bonchev–Trinajstić information content (AvgIpc) is 3.24. The van der Waals surface area contributed by atoms with Crippen LogP contribution in [0.5, 0.6) is 5.75 Å². The van der Waals surface area contributed by atoms with Gasteiger partial charge in [-0.2, -0.15) is 0 Å². The monoisotopic (exact) mass is 562 g/mol. The van der Waals surface area contributed by atoms with Crippen LogP contribution < -0.4 is 4.74 Å². The quantitative estimate of drug-likeness (QED) is 0.163. The summed E-state index contributed by atoms with van der Waals surface area (Å²) >= 11 is 0. The highest BCUT2D eigenvalue weighted by Crippen LogP contribution is 2.39. The van der Waals surface area contributed by atoms with Gasteiger partial charge in [-0.25, -0.2) is 0 Å². The molecule has 3 rings (SSSR count). The van der Waals surface area contributed by atoms with Crippen LogP contribution in [-0.2, 0) is 16.0 Å². The molecule has 0 saturated heterocycles. The Bertz CT molecular complexity index is 1280. The molecule has 1 aromatic heterocycles. The van der Waals surface area contributed by atoms with E-state index in [0.29, 0.717) is 6.42 Å². The van der Waals surface area contributed by atoms with Gasteiger partial charge in [0.15, 0.2) is 0 Å². The molecule has 0 N–H and O–H groups in total. The zero-order valence-corrected chi connectivity index (χ0v) is 27.6. The molecule has 1 heterocycles. The lowest BCUT2D eigenvalue weighted by Crippen LogP contribution is -2.43. The second kappa shape index (κ2) is 12.6. The van der Waals surface area contributed by atoms with Gasteiger partial charge < -0.3 is 13.9 Å². The van der Waals surface area contributed by atoms with Crippen LogP contribution >= 0.6 is 0 Å². The highest BCUT2D eigenvalue weighted by Gasteiger charge is 2.40. The number of furan rings is 1. The van der Waals surface area contributed by atoms with Crippen LogP contribution in [-0.4, -0.2) is 17.2 Å². The van der Waals surface area contributed by atoms with Gasteiger partial charge in [0.05, 0.1) is 5.92 Å². The van der Waals surface area contributed by atoms with Crippen molar-refractivity contribution in [3.63, 3.8) is 0 Å². The number of hydrogen-bond acceptors (Lipinski definition) is 4. The lowest BCUT2D eigenvalue weighted by Gasteiger charge is -2.39. The number of benzene rings is 2. The molecule has 0 saturated carbocycles. The van der Waals surface area contributed by atoms with Crippen LogP contribution in [0.2, 0.25) is 0 Å². The molecule has 0 amide bonds. The number of carbonyl (C=O) groups excluding carboxylic acids is 1. The van der Waals surface area contributed by atoms with E-state index in [9.17, 15) is 4.79 Å². The smallest absolute Gasteiger partial charge is 0.310 e. The number of ether oxygens (including phenoxy) is 2. The van der Waals surface area contributed by atoms with E-state index in [1.165, 1.54) is 24.8 Å². The summed E-state index contributed by atoms with van der Waals surface area (Å²) in [5.41, 5.74) is 1.83. The fourth-order valence-electron chi connectivity index (χ4n) is 5.75. The van der Waals surface area contributed by atoms with Crippen molar-refractivity contribution in [3.8, 4) is 17.1 Å². The minimum Gasteiger partial charge on any atom is -0.488 e. The van der Waals surface area contributed by atoms with Crippen molar-refractivity contribution in [3.05, 3.63) is 54.1 Å². The van der Waals surface area contributed by atoms with Crippen molar-refractivity contribution in [2.24, 2.45) is 16.7 Å². The average molecular weight is 563 g/mol. The molecular formula is C37H54O4. The molecule has 4 heteroatoms. The van der Waals surface area contributed by atoms with E-state index >= 15 is 0 Å². The van der Waals surface area contributed by atoms with Gasteiger partial charge in [-0.3, -0.25) is 4.79 Å². The second-order valence-corrected chi connectivity index (χ2v) is 15.4. The van der Waals surface area contributed by atoms with E-state index in [2.05, 4.69) is 78.8 Å². The summed E-state index contributed by atoms with van der Waals surface area (Å²) in [5, 5.41) is 1.04. The maximum Gasteiger partial charge on any atom is 0.310 e. The fraction of sp³-hybridized carbons (Fsp3) is 0.595. The zero-order chi connectivity index (χ0) is 30.6. The molecule has 226 valence electrons. The highest BCUT2D eigenvalue weighted by molar-refractivity contribution is 5.84. The molecule has 0 aliphatic rings. The number of aryl methyl sites for hydroxylation is 1. The minimum atomic E-state index is -0.688. The van der Waals surface area contributed by atoms with Crippen LogP contribution in [0, 0.1) is 16.7 Å². The summed E-state index contributed by atoms with van der Waals surface area (Å²) in [4.78, 5) is 13.4. The summed E-state index contributed by atoms with van der Waals surface area (Å²) in [7, 11) is 0. The van der Waals surface area contributed by atoms with Gasteiger partial charge in [0.25, 0.3) is 0 Å². The van der Waals surface area contributed by atoms with E-state index < -0.39 is 11.2 Å². The molecule has 0 bridgehead atoms. The van der Waals surface area contributed by atoms with Gasteiger partial charge in [-0.05, 0) is 81.5 Å². The largest absolute Gasteiger partial charge is 0.488 e. The molecule has 0 radical (unpaired) electrons. The van der Waals surface area contributed by atoms with Gasteiger partial charge >= 0.3 is 5.97 Å². The Morgan fingerprint density at radius 3 is 2.07 bits per heavy atom. The summed E-state index contributed by atoms with van der Waals surface area (Å²) in [6.45, 7) is 23.1. The van der Waals surface area contributed by atoms with Crippen LogP contribution in [0.3, 0.4) is 0 Å². The number of carbonyl (C=O) groups is 1. The van der Waals surface area contributed by atoms with Gasteiger partial charge in [0.2, 0.25) is 0 Å². The van der Waals surface area contributed by atoms with Gasteiger partial charge in [0.1, 0.15) is 28.3 Å². The number of esters is 1. The molecule has 0 aliphatic carbocycles. The lowest BCUT2D eigenvalue weighted by atomic mass is 9.72. The van der Waals surface area contributed by atoms with Crippen LogP contribution in [0.1, 0.15) is 114 Å². The number of unbranched alkanes of at least 4 members (excludes halogenated alkanes) is 2. The normalized spacial score (nSPS) is 13.8. The SMILES string of the molecule is CCCCCc1ccc(-c2cc3ccc(OC(C)(C)CC(C)(C)OC(=O)C(CC(C)(C)C)C(C)(C)C)cc3o2)cc1. The van der Waals surface area contributed by atoms with E-state index in [1.54, 1.807) is 0 Å². The van der Waals surface area contributed by atoms with Gasteiger partial charge in [0, 0.05) is 23.4 Å². The van der Waals surface area contributed by atoms with Crippen molar-refractivity contribution in [2.45, 2.75) is 126 Å². The number of fused-ring (bicyclic) bond motifs is 1. The Kier molecular flexibility index (Phi) is 10.1. The van der Waals surface area contributed by atoms with Crippen molar-refractivity contribution < 1.29 is 18.7 Å². The Morgan fingerprint density at radius 1 is 0.829 bits per heavy atom. The topological polar surface area (TPSA) is 48.7 Å². The summed E-state index contributed by atoms with van der Waals surface area (Å²) in [6, 6.07) is 16.8. The van der Waals surface area contributed by atoms with Gasteiger partial charge in [-0.1, -0.05) is 85.6 Å². The van der Waals surface area contributed by atoms with Crippen LogP contribution in [0.4, 0.5) is 0 Å². The molecule has 1 unspecified atom stereocenters. The number of rotatable bonds is 12. The number of hydrogen-bond donors (Lipinski definition) is 0. The second-order valence-electron chi connectivity index (χ2n) is 15.4. The lowest BCUT2D eigenvalue weighted by molar-refractivity contribution is -0.170. The van der Waals surface area contributed by atoms with Crippen LogP contribution in [0.25, 0.3) is 22.3 Å². The highest BCUT2D eigenvalue weighted by atomic mass is 16.6.